The molecule has 0 aliphatic carbocycles. The topological polar surface area (TPSA) is 706 Å². The number of hydrogen-bond donors (Lipinski definition) is 25. The first-order chi connectivity index (χ1) is 60.1. The molecule has 0 aliphatic rings. The number of benzene rings is 2. The zero-order chi connectivity index (χ0) is 95.2. The van der Waals surface area contributed by atoms with Crippen LogP contribution in [0.5, 0.6) is 0 Å². The van der Waals surface area contributed by atoms with Gasteiger partial charge in [-0.1, -0.05) is 109 Å². The summed E-state index contributed by atoms with van der Waals surface area (Å²) in [7, 11) is 1.44. The van der Waals surface area contributed by atoms with Gasteiger partial charge in [-0.3, -0.25) is 82.1 Å². The average molecular weight is 1800 g/mol. The summed E-state index contributed by atoms with van der Waals surface area (Å²) in [5.74, 6) is -18.2. The van der Waals surface area contributed by atoms with E-state index in [1.807, 2.05) is 0 Å². The number of H-pyrrole nitrogens is 1. The monoisotopic (exact) mass is 1800 g/mol. The number of nitrogens with zero attached hydrogens (tertiary/aromatic N) is 1. The number of carbonyl (C=O) groups excluding carboxylic acids is 16. The molecular weight excluding hydrogens is 1670 g/mol. The molecule has 0 saturated carbocycles. The minimum absolute atomic E-state index is 0.0160. The summed E-state index contributed by atoms with van der Waals surface area (Å²) >= 11 is 1.31. The fourth-order valence-electron chi connectivity index (χ4n) is 13.1. The number of aromatic amines is 1. The van der Waals surface area contributed by atoms with E-state index in [-0.39, 0.29) is 108 Å². The first kappa shape index (κ1) is 109. The molecule has 706 valence electrons. The van der Waals surface area contributed by atoms with Gasteiger partial charge in [0.15, 0.2) is 5.96 Å². The molecule has 0 radical (unpaired) electrons. The molecule has 17 atom stereocenters. The summed E-state index contributed by atoms with van der Waals surface area (Å²) in [5, 5.41) is 69.3. The molecule has 0 aliphatic heterocycles. The van der Waals surface area contributed by atoms with E-state index in [0.29, 0.717) is 30.4 Å². The second kappa shape index (κ2) is 57.7. The number of carboxylic acids is 1. The standard InChI is InChI=1S/C83H134N24O19S/c1-12-46(6)66(107-77(120)59(39-51-26-17-14-18-27-51)103-79(122)65(45(4)5)106-68(111)47(7)94-70(113)56(33-37-127-11)98-73(116)55(31-32-62(86)109)99-78(121)64(44(2)3)105-69(112)48(8)95-81(124)67(90-10)49(9)108)80(123)104-60(40-52-42-91-43-93-52)75(118)102-61(41-63(87)110)76(119)101-58(38-50-24-15-13-16-25-50)74(117)97-53(28-19-21-34-84)71(114)96-54(30-23-36-92-83(88)89)72(115)100-57(82(125)126)29-20-22-35-85/h13-18,24-27,42-49,53-61,64-67,90,108H,12,19-23,28-41,84-85H2,1-11H3,(H2,86,109)(H2,87,110)(H,91,93)(H,94,113)(H,95,124)(H,96,114)(H,97,117)(H,98,116)(H,99,121)(H,100,115)(H,101,119)(H,102,118)(H,103,122)(H,104,123)(H,105,112)(H,106,111)(H,107,120)(H,125,126)(H4,88,89,92)/t46-,47-,48-,49+,53-,54-,55-,56-,57-,58-,59-,60-,61-,64-,65-,66-,67-/m0/s1. The van der Waals surface area contributed by atoms with Crippen molar-refractivity contribution in [2.75, 3.05) is 38.7 Å². The molecule has 44 heteroatoms. The van der Waals surface area contributed by atoms with Crippen molar-refractivity contribution in [2.24, 2.45) is 46.4 Å². The Morgan fingerprint density at radius 1 is 0.433 bits per heavy atom. The molecule has 1 aromatic heterocycles. The van der Waals surface area contributed by atoms with Crippen molar-refractivity contribution in [1.29, 1.82) is 5.41 Å². The van der Waals surface area contributed by atoms with E-state index in [0.717, 1.165) is 0 Å². The SMILES string of the molecule is CC[C@H](C)[C@H](NC(=O)[C@H](Cc1ccccc1)NC(=O)[C@@H](NC(=O)[C@H](C)NC(=O)[C@H](CCSC)NC(=O)[C@H](CCC(N)=O)NC(=O)[C@@H](NC(=O)[C@H](C)NC(=O)[C@@H](NC)[C@@H](C)O)C(C)C)C(C)C)C(=O)N[C@@H](Cc1cnc[nH]1)C(=O)N[C@@H](CC(N)=O)C(=O)N[C@@H](Cc1ccccc1)C(=O)N[C@@H](CCCCN)C(=O)N[C@@H](CCCNC(=N)N)C(=O)N[C@@H](CCCCN)C(=O)O. The molecule has 1 heterocycles. The summed E-state index contributed by atoms with van der Waals surface area (Å²) in [6.07, 6.45) is 2.37. The van der Waals surface area contributed by atoms with Crippen LogP contribution in [0.1, 0.15) is 163 Å². The van der Waals surface area contributed by atoms with Gasteiger partial charge in [-0.15, -0.1) is 0 Å². The van der Waals surface area contributed by atoms with Gasteiger partial charge in [0.05, 0.1) is 18.9 Å². The third kappa shape index (κ3) is 40.1. The van der Waals surface area contributed by atoms with E-state index in [2.05, 4.69) is 95.0 Å². The molecule has 3 rings (SSSR count). The lowest BCUT2D eigenvalue weighted by atomic mass is 9.96. The second-order valence-electron chi connectivity index (χ2n) is 31.9. The Kier molecular flexibility index (Phi) is 49.6. The maximum Gasteiger partial charge on any atom is 0.326 e. The van der Waals surface area contributed by atoms with Gasteiger partial charge in [0.1, 0.15) is 90.6 Å². The highest BCUT2D eigenvalue weighted by Gasteiger charge is 2.40. The molecule has 0 unspecified atom stereocenters. The first-order valence-electron chi connectivity index (χ1n) is 42.5. The van der Waals surface area contributed by atoms with Crippen LogP contribution in [0.15, 0.2) is 73.2 Å². The number of carbonyl (C=O) groups is 17. The zero-order valence-corrected chi connectivity index (χ0v) is 74.9. The molecule has 3 aromatic rings. The van der Waals surface area contributed by atoms with Crippen LogP contribution >= 0.6 is 11.8 Å². The number of thioether (sulfide) groups is 1. The molecule has 127 heavy (non-hydrogen) atoms. The molecule has 43 nitrogen and oxygen atoms in total. The Morgan fingerprint density at radius 2 is 0.803 bits per heavy atom. The van der Waals surface area contributed by atoms with Gasteiger partial charge in [-0.05, 0) is 146 Å². The summed E-state index contributed by atoms with van der Waals surface area (Å²) in [4.78, 5) is 245. The summed E-state index contributed by atoms with van der Waals surface area (Å²) in [6, 6.07) is -4.98. The number of guanidine groups is 1. The largest absolute Gasteiger partial charge is 0.480 e. The zero-order valence-electron chi connectivity index (χ0n) is 74.1. The Bertz CT molecular complexity index is 4100. The number of aliphatic hydroxyl groups is 1. The van der Waals surface area contributed by atoms with Crippen LogP contribution in [0.2, 0.25) is 0 Å². The van der Waals surface area contributed by atoms with E-state index < -0.39 is 228 Å². The Labute approximate surface area is 743 Å². The second-order valence-corrected chi connectivity index (χ2v) is 32.8. The van der Waals surface area contributed by atoms with E-state index in [9.17, 15) is 82.1 Å². The highest BCUT2D eigenvalue weighted by Crippen LogP contribution is 2.17. The highest BCUT2D eigenvalue weighted by atomic mass is 32.2. The van der Waals surface area contributed by atoms with Crippen LogP contribution in [0.3, 0.4) is 0 Å². The molecular formula is C83H134N24O19S. The molecule has 0 spiro atoms. The van der Waals surface area contributed by atoms with E-state index in [1.165, 1.54) is 52.1 Å². The van der Waals surface area contributed by atoms with Crippen LogP contribution in [0.4, 0.5) is 0 Å². The number of aromatic nitrogens is 2. The van der Waals surface area contributed by atoms with Crippen LogP contribution in [0, 0.1) is 23.2 Å². The lowest BCUT2D eigenvalue weighted by Crippen LogP contribution is -2.62. The van der Waals surface area contributed by atoms with Gasteiger partial charge >= 0.3 is 5.97 Å². The highest BCUT2D eigenvalue weighted by molar-refractivity contribution is 7.98. The Balaban J connectivity index is 1.98. The summed E-state index contributed by atoms with van der Waals surface area (Å²) < 4.78 is 0. The molecule has 0 fully saturated rings. The van der Waals surface area contributed by atoms with Crippen molar-refractivity contribution in [1.82, 2.24) is 95.0 Å². The van der Waals surface area contributed by atoms with Crippen molar-refractivity contribution >= 4 is 118 Å². The number of aliphatic carboxylic acids is 1. The minimum Gasteiger partial charge on any atom is -0.480 e. The molecule has 30 N–H and O–H groups in total. The van der Waals surface area contributed by atoms with Gasteiger partial charge in [-0.25, -0.2) is 9.78 Å². The average Bonchev–Trinajstić information content (AvgIpc) is 1.44. The number of likely N-dealkylation sites (N-methyl/N-ethyl adjacent to an activating group) is 1. The molecule has 0 bridgehead atoms. The van der Waals surface area contributed by atoms with Crippen LogP contribution in [-0.2, 0) is 101 Å². The number of hydrogen-bond acceptors (Lipinski definition) is 24. The summed E-state index contributed by atoms with van der Waals surface area (Å²) in [6.45, 7) is 14.3. The number of nitrogens with two attached hydrogens (primary N) is 5. The number of primary amides is 2. The first-order valence-corrected chi connectivity index (χ1v) is 43.9. The fourth-order valence-corrected chi connectivity index (χ4v) is 13.5. The van der Waals surface area contributed by atoms with Crippen molar-refractivity contribution < 1.29 is 91.7 Å². The van der Waals surface area contributed by atoms with Crippen LogP contribution in [-0.4, -0.2) is 262 Å². The molecule has 0 saturated heterocycles. The minimum atomic E-state index is -1.88. The number of carboxylic acid groups (broad SMARTS) is 1. The molecule has 16 amide bonds. The third-order valence-electron chi connectivity index (χ3n) is 20.7. The van der Waals surface area contributed by atoms with Crippen molar-refractivity contribution in [3.8, 4) is 0 Å². The van der Waals surface area contributed by atoms with Gasteiger partial charge in [-0.2, -0.15) is 11.8 Å². The lowest BCUT2D eigenvalue weighted by molar-refractivity contribution is -0.142. The Morgan fingerprint density at radius 3 is 1.22 bits per heavy atom. The smallest absolute Gasteiger partial charge is 0.326 e. The van der Waals surface area contributed by atoms with Crippen molar-refractivity contribution in [3.63, 3.8) is 0 Å². The number of unbranched alkanes of at least 4 members (excludes halogenated alkanes) is 2. The van der Waals surface area contributed by atoms with Crippen LogP contribution < -0.4 is 114 Å². The van der Waals surface area contributed by atoms with E-state index >= 15 is 9.59 Å². The van der Waals surface area contributed by atoms with Crippen LogP contribution in [0.25, 0.3) is 0 Å². The number of amides is 16. The van der Waals surface area contributed by atoms with Gasteiger partial charge < -0.3 is 129 Å². The van der Waals surface area contributed by atoms with E-state index in [4.69, 9.17) is 34.1 Å². The predicted molar refractivity (Wildman–Crippen MR) is 472 cm³/mol. The predicted octanol–water partition coefficient (Wildman–Crippen LogP) is -4.91. The third-order valence-corrected chi connectivity index (χ3v) is 21.3. The number of nitrogens with one attached hydrogen (secondary N) is 18. The maximum atomic E-state index is 15.0. The summed E-state index contributed by atoms with van der Waals surface area (Å²) in [5.41, 5.74) is 29.4. The van der Waals surface area contributed by atoms with Crippen molar-refractivity contribution in [2.45, 2.75) is 262 Å². The number of aliphatic hydroxyl groups excluding tert-OH is 1. The lowest BCUT2D eigenvalue weighted by Gasteiger charge is -2.30. The van der Waals surface area contributed by atoms with Gasteiger partial charge in [0, 0.05) is 44.1 Å². The molecule has 2 aromatic carbocycles. The maximum absolute atomic E-state index is 15.0. The normalized spacial score (nSPS) is 15.2. The van der Waals surface area contributed by atoms with Gasteiger partial charge in [0.25, 0.3) is 0 Å². The number of rotatable bonds is 61. The van der Waals surface area contributed by atoms with Crippen molar-refractivity contribution in [3.05, 3.63) is 90.0 Å². The quantitative estimate of drug-likeness (QED) is 0.0143. The van der Waals surface area contributed by atoms with E-state index in [1.54, 1.807) is 108 Å². The Hall–Kier alpha value is -11.9. The number of imidazole rings is 1. The fraction of sp³-hybridized carbons (Fsp3) is 0.602. The van der Waals surface area contributed by atoms with Gasteiger partial charge in [0.2, 0.25) is 94.5 Å².